The number of nitrogens with one attached hydrogen (secondary N) is 1. The Labute approximate surface area is 169 Å². The summed E-state index contributed by atoms with van der Waals surface area (Å²) in [5.74, 6) is -0.0652. The average molecular weight is 427 g/mol. The standard InChI is InChI=1S/C19H20Cl2N2O3S/c1-12-15-10-14(22-27(2,25)26)7-6-13(15)8-9-23(12)19(24)11-16-17(20)4-3-5-18(16)21/h3-7,10,12,22H,8-9,11H2,1-2H3. The minimum Gasteiger partial charge on any atom is -0.335 e. The Balaban J connectivity index is 1.84. The van der Waals surface area contributed by atoms with Crippen molar-refractivity contribution in [3.8, 4) is 0 Å². The average Bonchev–Trinajstić information content (AvgIpc) is 2.57. The number of amides is 1. The zero-order valence-electron chi connectivity index (χ0n) is 15.0. The van der Waals surface area contributed by atoms with E-state index in [9.17, 15) is 13.2 Å². The van der Waals surface area contributed by atoms with E-state index >= 15 is 0 Å². The van der Waals surface area contributed by atoms with E-state index in [0.717, 1.165) is 17.4 Å². The van der Waals surface area contributed by atoms with Crippen molar-refractivity contribution in [2.75, 3.05) is 17.5 Å². The maximum absolute atomic E-state index is 12.9. The molecule has 0 spiro atoms. The van der Waals surface area contributed by atoms with E-state index in [2.05, 4.69) is 4.72 Å². The molecule has 0 saturated heterocycles. The highest BCUT2D eigenvalue weighted by Gasteiger charge is 2.28. The first-order valence-corrected chi connectivity index (χ1v) is 11.1. The number of halogens is 2. The number of nitrogens with zero attached hydrogens (tertiary/aromatic N) is 1. The number of benzene rings is 2. The lowest BCUT2D eigenvalue weighted by Gasteiger charge is -2.36. The molecule has 2 aromatic carbocycles. The normalized spacial score (nSPS) is 16.7. The summed E-state index contributed by atoms with van der Waals surface area (Å²) in [6, 6.07) is 10.4. The van der Waals surface area contributed by atoms with Crippen LogP contribution in [0.5, 0.6) is 0 Å². The third-order valence-electron chi connectivity index (χ3n) is 4.70. The van der Waals surface area contributed by atoms with Gasteiger partial charge in [0.1, 0.15) is 0 Å². The number of hydrogen-bond acceptors (Lipinski definition) is 3. The lowest BCUT2D eigenvalue weighted by molar-refractivity contribution is -0.133. The summed E-state index contributed by atoms with van der Waals surface area (Å²) in [5.41, 5.74) is 3.16. The Morgan fingerprint density at radius 1 is 1.22 bits per heavy atom. The molecule has 0 fully saturated rings. The summed E-state index contributed by atoms with van der Waals surface area (Å²) in [7, 11) is -3.36. The number of sulfonamides is 1. The van der Waals surface area contributed by atoms with Crippen molar-refractivity contribution < 1.29 is 13.2 Å². The molecule has 3 rings (SSSR count). The molecule has 1 atom stereocenters. The van der Waals surface area contributed by atoms with Gasteiger partial charge in [-0.15, -0.1) is 0 Å². The molecule has 8 heteroatoms. The SMILES string of the molecule is CC1c2cc(NS(C)(=O)=O)ccc2CCN1C(=O)Cc1c(Cl)cccc1Cl. The molecule has 5 nitrogen and oxygen atoms in total. The second-order valence-corrected chi connectivity index (χ2v) is 9.24. The van der Waals surface area contributed by atoms with Gasteiger partial charge in [0.15, 0.2) is 0 Å². The van der Waals surface area contributed by atoms with E-state index in [1.807, 2.05) is 13.0 Å². The highest BCUT2D eigenvalue weighted by atomic mass is 35.5. The summed E-state index contributed by atoms with van der Waals surface area (Å²) in [4.78, 5) is 14.7. The van der Waals surface area contributed by atoms with Gasteiger partial charge < -0.3 is 4.90 Å². The fourth-order valence-corrected chi connectivity index (χ4v) is 4.47. The van der Waals surface area contributed by atoms with E-state index in [1.54, 1.807) is 35.2 Å². The van der Waals surface area contributed by atoms with Gasteiger partial charge in [0.2, 0.25) is 15.9 Å². The van der Waals surface area contributed by atoms with Crippen molar-refractivity contribution >= 4 is 44.8 Å². The molecule has 1 N–H and O–H groups in total. The quantitative estimate of drug-likeness (QED) is 0.801. The zero-order valence-corrected chi connectivity index (χ0v) is 17.3. The molecule has 0 bridgehead atoms. The number of carbonyl (C=O) groups is 1. The maximum Gasteiger partial charge on any atom is 0.229 e. The molecule has 2 aromatic rings. The fraction of sp³-hybridized carbons (Fsp3) is 0.316. The van der Waals surface area contributed by atoms with Crippen molar-refractivity contribution in [3.05, 3.63) is 63.1 Å². The molecule has 1 heterocycles. The van der Waals surface area contributed by atoms with E-state index < -0.39 is 10.0 Å². The molecular formula is C19H20Cl2N2O3S. The van der Waals surface area contributed by atoms with E-state index in [-0.39, 0.29) is 18.4 Å². The largest absolute Gasteiger partial charge is 0.335 e. The topological polar surface area (TPSA) is 66.5 Å². The molecule has 27 heavy (non-hydrogen) atoms. The van der Waals surface area contributed by atoms with Gasteiger partial charge in [0, 0.05) is 22.3 Å². The van der Waals surface area contributed by atoms with E-state index in [1.165, 1.54) is 0 Å². The Kier molecular flexibility index (Phi) is 5.70. The van der Waals surface area contributed by atoms with Crippen LogP contribution in [0.25, 0.3) is 0 Å². The van der Waals surface area contributed by atoms with Crippen molar-refractivity contribution in [3.63, 3.8) is 0 Å². The fourth-order valence-electron chi connectivity index (χ4n) is 3.39. The number of hydrogen-bond donors (Lipinski definition) is 1. The monoisotopic (exact) mass is 426 g/mol. The third-order valence-corrected chi connectivity index (χ3v) is 6.01. The van der Waals surface area contributed by atoms with Crippen molar-refractivity contribution in [2.24, 2.45) is 0 Å². The Hall–Kier alpha value is -1.76. The number of anilines is 1. The molecule has 0 aliphatic carbocycles. The van der Waals surface area contributed by atoms with E-state index in [0.29, 0.717) is 34.3 Å². The Bertz CT molecular complexity index is 972. The molecule has 0 saturated carbocycles. The number of carbonyl (C=O) groups excluding carboxylic acids is 1. The second-order valence-electron chi connectivity index (χ2n) is 6.68. The van der Waals surface area contributed by atoms with Gasteiger partial charge >= 0.3 is 0 Å². The van der Waals surface area contributed by atoms with Crippen LogP contribution in [0.3, 0.4) is 0 Å². The lowest BCUT2D eigenvalue weighted by atomic mass is 9.92. The molecular weight excluding hydrogens is 407 g/mol. The second kappa shape index (κ2) is 7.70. The Morgan fingerprint density at radius 2 is 1.89 bits per heavy atom. The highest BCUT2D eigenvalue weighted by molar-refractivity contribution is 7.92. The van der Waals surface area contributed by atoms with Crippen molar-refractivity contribution in [1.82, 2.24) is 4.90 Å². The zero-order chi connectivity index (χ0) is 19.8. The van der Waals surface area contributed by atoms with Crippen LogP contribution in [0.2, 0.25) is 10.0 Å². The summed E-state index contributed by atoms with van der Waals surface area (Å²) in [6.07, 6.45) is 1.94. The molecule has 0 aromatic heterocycles. The minimum absolute atomic E-state index is 0.0652. The summed E-state index contributed by atoms with van der Waals surface area (Å²) >= 11 is 12.4. The predicted molar refractivity (Wildman–Crippen MR) is 109 cm³/mol. The van der Waals surface area contributed by atoms with Crippen LogP contribution in [0, 0.1) is 0 Å². The van der Waals surface area contributed by atoms with Gasteiger partial charge in [-0.05, 0) is 54.3 Å². The third kappa shape index (κ3) is 4.57. The predicted octanol–water partition coefficient (Wildman–Crippen LogP) is 4.05. The molecule has 1 aliphatic heterocycles. The lowest BCUT2D eigenvalue weighted by Crippen LogP contribution is -2.39. The molecule has 0 radical (unpaired) electrons. The van der Waals surface area contributed by atoms with Crippen molar-refractivity contribution in [2.45, 2.75) is 25.8 Å². The first-order chi connectivity index (χ1) is 12.7. The summed E-state index contributed by atoms with van der Waals surface area (Å²) < 4.78 is 25.5. The van der Waals surface area contributed by atoms with Gasteiger partial charge in [-0.3, -0.25) is 9.52 Å². The minimum atomic E-state index is -3.36. The smallest absolute Gasteiger partial charge is 0.229 e. The van der Waals surface area contributed by atoms with Gasteiger partial charge in [-0.1, -0.05) is 35.3 Å². The molecule has 1 aliphatic rings. The first kappa shape index (κ1) is 20.0. The van der Waals surface area contributed by atoms with Crippen LogP contribution >= 0.6 is 23.2 Å². The van der Waals surface area contributed by atoms with E-state index in [4.69, 9.17) is 23.2 Å². The van der Waals surface area contributed by atoms with Crippen LogP contribution in [0.1, 0.15) is 29.7 Å². The van der Waals surface area contributed by atoms with Crippen LogP contribution in [0.15, 0.2) is 36.4 Å². The summed E-state index contributed by atoms with van der Waals surface area (Å²) in [5, 5.41) is 0.945. The molecule has 1 amide bonds. The molecule has 144 valence electrons. The first-order valence-electron chi connectivity index (χ1n) is 8.48. The Morgan fingerprint density at radius 3 is 2.52 bits per heavy atom. The number of rotatable bonds is 4. The maximum atomic E-state index is 12.9. The highest BCUT2D eigenvalue weighted by Crippen LogP contribution is 2.33. The molecule has 1 unspecified atom stereocenters. The van der Waals surface area contributed by atoms with Gasteiger partial charge in [0.25, 0.3) is 0 Å². The van der Waals surface area contributed by atoms with Gasteiger partial charge in [0.05, 0.1) is 18.7 Å². The van der Waals surface area contributed by atoms with Crippen molar-refractivity contribution in [1.29, 1.82) is 0 Å². The van der Waals surface area contributed by atoms with Crippen LogP contribution in [0.4, 0.5) is 5.69 Å². The summed E-state index contributed by atoms with van der Waals surface area (Å²) in [6.45, 7) is 2.53. The van der Waals surface area contributed by atoms with Crippen LogP contribution in [-0.4, -0.2) is 32.0 Å². The van der Waals surface area contributed by atoms with Gasteiger partial charge in [-0.2, -0.15) is 0 Å². The van der Waals surface area contributed by atoms with Gasteiger partial charge in [-0.25, -0.2) is 8.42 Å². The number of fused-ring (bicyclic) bond motifs is 1. The van der Waals surface area contributed by atoms with Crippen LogP contribution < -0.4 is 4.72 Å². The van der Waals surface area contributed by atoms with Crippen LogP contribution in [-0.2, 0) is 27.7 Å².